The maximum absolute atomic E-state index is 8.55. The second-order valence-corrected chi connectivity index (χ2v) is 9.12. The molecule has 4 aromatic rings. The van der Waals surface area contributed by atoms with Gasteiger partial charge in [-0.25, -0.2) is 0 Å². The summed E-state index contributed by atoms with van der Waals surface area (Å²) in [6, 6.07) is 30.3. The molecule has 186 valence electrons. The van der Waals surface area contributed by atoms with Crippen LogP contribution >= 0.6 is 7.82 Å². The number of nitrogens with one attached hydrogen (secondary N) is 1. The van der Waals surface area contributed by atoms with Crippen LogP contribution in [0.5, 0.6) is 5.75 Å². The summed E-state index contributed by atoms with van der Waals surface area (Å²) in [6.45, 7) is 6.65. The first kappa shape index (κ1) is 25.6. The van der Waals surface area contributed by atoms with Crippen molar-refractivity contribution in [2.45, 2.75) is 20.4 Å². The summed E-state index contributed by atoms with van der Waals surface area (Å²) in [7, 11) is -5.39. The summed E-state index contributed by atoms with van der Waals surface area (Å²) in [5.41, 5.74) is 7.53. The highest BCUT2D eigenvalue weighted by atomic mass is 31.2. The molecule has 8 heteroatoms. The molecule has 0 fully saturated rings. The van der Waals surface area contributed by atoms with Gasteiger partial charge >= 0.3 is 0 Å². The van der Waals surface area contributed by atoms with E-state index >= 15 is 0 Å². The summed E-state index contributed by atoms with van der Waals surface area (Å²) >= 11 is 0. The topological polar surface area (TPSA) is 111 Å². The first-order valence-electron chi connectivity index (χ1n) is 11.7. The van der Waals surface area contributed by atoms with Gasteiger partial charge in [0, 0.05) is 23.9 Å². The van der Waals surface area contributed by atoms with E-state index in [4.69, 9.17) is 24.0 Å². The number of ether oxygens (including phenoxy) is 1. The lowest BCUT2D eigenvalue weighted by Crippen LogP contribution is -2.24. The van der Waals surface area contributed by atoms with E-state index in [2.05, 4.69) is 89.6 Å². The molecule has 1 aliphatic rings. The molecule has 1 heterocycles. The van der Waals surface area contributed by atoms with Crippen molar-refractivity contribution >= 4 is 35.7 Å². The van der Waals surface area contributed by atoms with Gasteiger partial charge in [0.05, 0.1) is 17.6 Å². The Morgan fingerprint density at radius 3 is 2.11 bits per heavy atom. The van der Waals surface area contributed by atoms with Crippen LogP contribution in [-0.2, 0) is 11.1 Å². The zero-order valence-corrected chi connectivity index (χ0v) is 21.0. The van der Waals surface area contributed by atoms with Gasteiger partial charge in [-0.15, -0.1) is 0 Å². The standard InChI is InChI=1S/C28H26N2O.H3O4P/c1-3-30-26-10-6-8-21-7-5-9-25(27(21)26)28(30)22-13-15-23(16-14-22)29-19-20-11-17-24(18-12-20)31-4-2;1-5(2,3)4/h5-18H,3-4,19H2,1-2H3;(H3,1,2,3,4)/p-2. The van der Waals surface area contributed by atoms with Crippen molar-refractivity contribution in [3.63, 3.8) is 0 Å². The zero-order valence-electron chi connectivity index (χ0n) is 20.1. The average molecular weight is 503 g/mol. The smallest absolute Gasteiger partial charge is 0.221 e. The summed E-state index contributed by atoms with van der Waals surface area (Å²) < 4.78 is 16.5. The molecular formula is C28H27N2O5P-2. The van der Waals surface area contributed by atoms with Gasteiger partial charge in [0.2, 0.25) is 11.4 Å². The van der Waals surface area contributed by atoms with Crippen LogP contribution in [0.3, 0.4) is 0 Å². The molecule has 0 unspecified atom stereocenters. The Kier molecular flexibility index (Phi) is 7.87. The van der Waals surface area contributed by atoms with E-state index < -0.39 is 7.82 Å². The normalized spacial score (nSPS) is 12.4. The second kappa shape index (κ2) is 11.1. The highest BCUT2D eigenvalue weighted by Gasteiger charge is 2.31. The summed E-state index contributed by atoms with van der Waals surface area (Å²) in [4.78, 5) is 25.6. The van der Waals surface area contributed by atoms with Gasteiger partial charge in [0.15, 0.2) is 0 Å². The minimum atomic E-state index is -5.39. The van der Waals surface area contributed by atoms with Gasteiger partial charge in [-0.2, -0.15) is 12.4 Å². The number of hydrogen-bond donors (Lipinski definition) is 1. The third-order valence-corrected chi connectivity index (χ3v) is 5.90. The molecular weight excluding hydrogens is 475 g/mol. The fraction of sp³-hybridized carbons (Fsp3) is 0.179. The largest absolute Gasteiger partial charge is 0.822 e. The highest BCUT2D eigenvalue weighted by Crippen LogP contribution is 2.36. The molecule has 0 radical (unpaired) electrons. The Morgan fingerprint density at radius 2 is 1.50 bits per heavy atom. The van der Waals surface area contributed by atoms with E-state index in [0.29, 0.717) is 6.61 Å². The second-order valence-electron chi connectivity index (χ2n) is 8.23. The van der Waals surface area contributed by atoms with Crippen LogP contribution in [-0.4, -0.2) is 23.4 Å². The number of hydrogen-bond acceptors (Lipinski definition) is 6. The van der Waals surface area contributed by atoms with Crippen molar-refractivity contribution in [2.24, 2.45) is 0 Å². The molecule has 0 saturated heterocycles. The van der Waals surface area contributed by atoms with Gasteiger partial charge in [-0.05, 0) is 67.3 Å². The van der Waals surface area contributed by atoms with Crippen molar-refractivity contribution in [1.29, 1.82) is 0 Å². The lowest BCUT2D eigenvalue weighted by Gasteiger charge is -2.36. The van der Waals surface area contributed by atoms with Gasteiger partial charge in [0.1, 0.15) is 12.3 Å². The van der Waals surface area contributed by atoms with Gasteiger partial charge in [-0.1, -0.05) is 36.4 Å². The minimum absolute atomic E-state index is 0.692. The molecule has 0 aromatic heterocycles. The van der Waals surface area contributed by atoms with E-state index in [1.807, 2.05) is 19.1 Å². The third-order valence-electron chi connectivity index (χ3n) is 5.90. The Morgan fingerprint density at radius 1 is 0.861 bits per heavy atom. The minimum Gasteiger partial charge on any atom is -0.822 e. The first-order chi connectivity index (χ1) is 17.3. The predicted molar refractivity (Wildman–Crippen MR) is 137 cm³/mol. The number of phosphoric acid groups is 1. The van der Waals surface area contributed by atoms with Crippen LogP contribution in [0.2, 0.25) is 0 Å². The van der Waals surface area contributed by atoms with Crippen LogP contribution in [0.15, 0.2) is 84.9 Å². The van der Waals surface area contributed by atoms with Crippen LogP contribution < -0.4 is 24.7 Å². The summed E-state index contributed by atoms with van der Waals surface area (Å²) in [5.74, 6) is 0.917. The number of rotatable bonds is 7. The van der Waals surface area contributed by atoms with Crippen molar-refractivity contribution in [3.05, 3.63) is 102 Å². The lowest BCUT2D eigenvalue weighted by atomic mass is 9.98. The molecule has 4 aromatic carbocycles. The Balaban J connectivity index is 0.000000556. The predicted octanol–water partition coefficient (Wildman–Crippen LogP) is 3.54. The van der Waals surface area contributed by atoms with Crippen LogP contribution in [0.25, 0.3) is 10.8 Å². The average Bonchev–Trinajstić information content (AvgIpc) is 3.18. The lowest BCUT2D eigenvalue weighted by molar-refractivity contribution is -0.432. The van der Waals surface area contributed by atoms with E-state index in [0.717, 1.165) is 24.5 Å². The van der Waals surface area contributed by atoms with E-state index in [1.54, 1.807) is 0 Å². The third kappa shape index (κ3) is 6.01. The summed E-state index contributed by atoms with van der Waals surface area (Å²) in [5, 5.41) is 6.19. The molecule has 0 saturated carbocycles. The van der Waals surface area contributed by atoms with Gasteiger partial charge < -0.3 is 29.3 Å². The molecule has 5 rings (SSSR count). The molecule has 0 bridgehead atoms. The monoisotopic (exact) mass is 502 g/mol. The molecule has 0 atom stereocenters. The van der Waals surface area contributed by atoms with Crippen molar-refractivity contribution in [3.8, 4) is 5.75 Å². The Labute approximate surface area is 210 Å². The van der Waals surface area contributed by atoms with Crippen LogP contribution in [0, 0.1) is 0 Å². The summed E-state index contributed by atoms with van der Waals surface area (Å²) in [6.07, 6.45) is 0. The molecule has 1 aliphatic heterocycles. The molecule has 1 N–H and O–H groups in total. The highest BCUT2D eigenvalue weighted by molar-refractivity contribution is 7.40. The Bertz CT molecular complexity index is 1410. The SMILES string of the molecule is CCOc1ccc(CNc2ccc(C3=[N+](CC)c4cccc5cccc3c45)cc2)cc1.O=P([O-])([O-])[O-]. The van der Waals surface area contributed by atoms with Crippen LogP contribution in [0.1, 0.15) is 30.5 Å². The fourth-order valence-electron chi connectivity index (χ4n) is 4.47. The molecule has 0 amide bonds. The maximum atomic E-state index is 8.55. The zero-order chi connectivity index (χ0) is 25.7. The van der Waals surface area contributed by atoms with Gasteiger partial charge in [0.25, 0.3) is 0 Å². The number of benzene rings is 4. The molecule has 7 nitrogen and oxygen atoms in total. The number of anilines is 1. The first-order valence-corrected chi connectivity index (χ1v) is 13.2. The van der Waals surface area contributed by atoms with Crippen molar-refractivity contribution in [2.75, 3.05) is 18.5 Å². The van der Waals surface area contributed by atoms with E-state index in [9.17, 15) is 0 Å². The van der Waals surface area contributed by atoms with Crippen molar-refractivity contribution < 1.29 is 28.6 Å². The molecule has 0 spiro atoms. The molecule has 0 aliphatic carbocycles. The van der Waals surface area contributed by atoms with Crippen molar-refractivity contribution in [1.82, 2.24) is 0 Å². The quantitative estimate of drug-likeness (QED) is 0.306. The molecule has 36 heavy (non-hydrogen) atoms. The Hall–Kier alpha value is -3.48. The van der Waals surface area contributed by atoms with Crippen LogP contribution in [0.4, 0.5) is 11.4 Å². The van der Waals surface area contributed by atoms with Gasteiger partial charge in [-0.3, -0.25) is 0 Å². The van der Waals surface area contributed by atoms with E-state index in [-0.39, 0.29) is 0 Å². The number of nitrogens with zero attached hydrogens (tertiary/aromatic N) is 1. The van der Waals surface area contributed by atoms with E-state index in [1.165, 1.54) is 38.9 Å². The fourth-order valence-corrected chi connectivity index (χ4v) is 4.47. The maximum Gasteiger partial charge on any atom is 0.221 e.